The Bertz CT molecular complexity index is 472. The number of nitrogens with zero attached hydrogens (tertiary/aromatic N) is 2. The first-order valence-electron chi connectivity index (χ1n) is 10.9. The first-order valence-corrected chi connectivity index (χ1v) is 16.0. The summed E-state index contributed by atoms with van der Waals surface area (Å²) in [5.41, 5.74) is 1.21. The van der Waals surface area contributed by atoms with E-state index in [-0.39, 0.29) is 0 Å². The molecule has 0 aliphatic rings. The highest BCUT2D eigenvalue weighted by Gasteiger charge is 2.45. The largest absolute Gasteiger partial charge is 0.345 e. The fourth-order valence-electron chi connectivity index (χ4n) is 4.65. The molecule has 2 nitrogen and oxygen atoms in total. The summed E-state index contributed by atoms with van der Waals surface area (Å²) in [6.07, 6.45) is 3.24. The zero-order valence-electron chi connectivity index (χ0n) is 18.2. The van der Waals surface area contributed by atoms with Gasteiger partial charge in [-0.2, -0.15) is 0 Å². The van der Waals surface area contributed by atoms with E-state index in [9.17, 15) is 0 Å². The molecule has 0 spiro atoms. The van der Waals surface area contributed by atoms with Crippen LogP contribution in [0.5, 0.6) is 0 Å². The van der Waals surface area contributed by atoms with Gasteiger partial charge in [0.1, 0.15) is 16.5 Å². The lowest BCUT2D eigenvalue weighted by Gasteiger charge is -2.52. The number of benzene rings is 1. The monoisotopic (exact) mass is 390 g/mol. The molecule has 26 heavy (non-hydrogen) atoms. The van der Waals surface area contributed by atoms with Crippen LogP contribution in [0.15, 0.2) is 35.3 Å². The van der Waals surface area contributed by atoms with Gasteiger partial charge in [-0.05, 0) is 54.8 Å². The van der Waals surface area contributed by atoms with Crippen molar-refractivity contribution < 1.29 is 0 Å². The maximum atomic E-state index is 4.71. The minimum Gasteiger partial charge on any atom is -0.345 e. The van der Waals surface area contributed by atoms with E-state index < -0.39 is 16.5 Å². The molecule has 0 aliphatic heterocycles. The number of hydrogen-bond acceptors (Lipinski definition) is 2. The van der Waals surface area contributed by atoms with Gasteiger partial charge in [0.15, 0.2) is 0 Å². The van der Waals surface area contributed by atoms with E-state index in [2.05, 4.69) is 76.1 Å². The van der Waals surface area contributed by atoms with Crippen LogP contribution >= 0.6 is 0 Å². The summed E-state index contributed by atoms with van der Waals surface area (Å²) in [5.74, 6) is 0. The van der Waals surface area contributed by atoms with Gasteiger partial charge in [0.2, 0.25) is 0 Å². The Morgan fingerprint density at radius 2 is 1.23 bits per heavy atom. The van der Waals surface area contributed by atoms with E-state index >= 15 is 0 Å². The third kappa shape index (κ3) is 5.64. The van der Waals surface area contributed by atoms with Crippen molar-refractivity contribution in [1.29, 1.82) is 0 Å². The van der Waals surface area contributed by atoms with Gasteiger partial charge in [-0.25, -0.2) is 0 Å². The molecule has 1 aromatic carbocycles. The van der Waals surface area contributed by atoms with Gasteiger partial charge >= 0.3 is 0 Å². The second-order valence-corrected chi connectivity index (χ2v) is 18.2. The van der Waals surface area contributed by atoms with Gasteiger partial charge in [-0.1, -0.05) is 71.9 Å². The third-order valence-electron chi connectivity index (χ3n) is 6.80. The Hall–Kier alpha value is -0.716. The molecule has 0 aliphatic carbocycles. The third-order valence-corrected chi connectivity index (χ3v) is 20.3. The molecule has 0 saturated carbocycles. The van der Waals surface area contributed by atoms with Crippen LogP contribution in [0.2, 0.25) is 36.3 Å². The zero-order valence-corrected chi connectivity index (χ0v) is 20.2. The smallest absolute Gasteiger partial charge is 0.120 e. The highest BCUT2D eigenvalue weighted by molar-refractivity contribution is 6.92. The fraction of sp³-hybridized carbons (Fsp3) is 0.682. The highest BCUT2D eigenvalue weighted by Crippen LogP contribution is 2.35. The van der Waals surface area contributed by atoms with Crippen LogP contribution in [0.4, 0.5) is 0 Å². The lowest BCUT2D eigenvalue weighted by atomic mass is 10.2. The molecular weight excluding hydrogens is 348 g/mol. The van der Waals surface area contributed by atoms with Crippen molar-refractivity contribution in [2.75, 3.05) is 13.1 Å². The predicted molar refractivity (Wildman–Crippen MR) is 125 cm³/mol. The molecule has 1 aromatic rings. The molecule has 0 fully saturated rings. The van der Waals surface area contributed by atoms with E-state index in [1.165, 1.54) is 54.8 Å². The molecule has 0 unspecified atom stereocenters. The zero-order chi connectivity index (χ0) is 19.5. The van der Waals surface area contributed by atoms with E-state index in [4.69, 9.17) is 4.99 Å². The summed E-state index contributed by atoms with van der Waals surface area (Å²) in [6.45, 7) is 17.0. The molecule has 0 aromatic heterocycles. The Morgan fingerprint density at radius 3 is 1.65 bits per heavy atom. The van der Waals surface area contributed by atoms with Crippen LogP contribution in [0.25, 0.3) is 0 Å². The van der Waals surface area contributed by atoms with Crippen molar-refractivity contribution in [1.82, 2.24) is 4.23 Å². The van der Waals surface area contributed by atoms with Gasteiger partial charge in [0.05, 0.1) is 0 Å². The van der Waals surface area contributed by atoms with Crippen molar-refractivity contribution in [3.05, 3.63) is 35.9 Å². The van der Waals surface area contributed by atoms with Crippen LogP contribution < -0.4 is 0 Å². The quantitative estimate of drug-likeness (QED) is 0.205. The van der Waals surface area contributed by atoms with E-state index in [0.717, 1.165) is 6.54 Å². The minimum atomic E-state index is -1.33. The molecule has 0 saturated heterocycles. The number of aliphatic imine (C=N–C) groups is 1. The van der Waals surface area contributed by atoms with Crippen LogP contribution in [0.3, 0.4) is 0 Å². The average Bonchev–Trinajstić information content (AvgIpc) is 2.71. The summed E-state index contributed by atoms with van der Waals surface area (Å²) in [6, 6.07) is 18.9. The summed E-state index contributed by atoms with van der Waals surface area (Å²) >= 11 is 0. The summed E-state index contributed by atoms with van der Waals surface area (Å²) < 4.78 is 3.16. The molecule has 0 amide bonds. The molecule has 1 rings (SSSR count). The SMILES string of the molecule is CC[Si](CC)(CC)N(CCCN=Cc1ccccc1)[Si](CC)(CC)CC. The summed E-state index contributed by atoms with van der Waals surface area (Å²) in [5, 5.41) is 0. The Labute approximate surface area is 165 Å². The highest BCUT2D eigenvalue weighted by atomic mass is 28.4. The summed E-state index contributed by atoms with van der Waals surface area (Å²) in [4.78, 5) is 4.71. The van der Waals surface area contributed by atoms with Crippen LogP contribution in [-0.4, -0.2) is 40.0 Å². The second kappa shape index (κ2) is 11.9. The molecule has 0 bridgehead atoms. The predicted octanol–water partition coefficient (Wildman–Crippen LogP) is 6.81. The lowest BCUT2D eigenvalue weighted by molar-refractivity contribution is 0.555. The Kier molecular flexibility index (Phi) is 10.7. The van der Waals surface area contributed by atoms with E-state index in [0.29, 0.717) is 0 Å². The first-order chi connectivity index (χ1) is 12.6. The normalized spacial score (nSPS) is 13.0. The Morgan fingerprint density at radius 1 is 0.769 bits per heavy atom. The van der Waals surface area contributed by atoms with Gasteiger partial charge < -0.3 is 4.23 Å². The van der Waals surface area contributed by atoms with Crippen molar-refractivity contribution in [2.24, 2.45) is 4.99 Å². The first kappa shape index (κ1) is 23.3. The molecular formula is C22H42N2Si2. The van der Waals surface area contributed by atoms with Crippen molar-refractivity contribution >= 4 is 22.7 Å². The number of hydrogen-bond donors (Lipinski definition) is 0. The maximum Gasteiger partial charge on any atom is 0.120 e. The van der Waals surface area contributed by atoms with Crippen LogP contribution in [0, 0.1) is 0 Å². The van der Waals surface area contributed by atoms with Crippen molar-refractivity contribution in [3.63, 3.8) is 0 Å². The molecule has 4 heteroatoms. The number of rotatable bonds is 13. The average molecular weight is 391 g/mol. The molecule has 0 heterocycles. The molecule has 148 valence electrons. The van der Waals surface area contributed by atoms with E-state index in [1.807, 2.05) is 6.21 Å². The Balaban J connectivity index is 2.87. The maximum absolute atomic E-state index is 4.71. The van der Waals surface area contributed by atoms with Gasteiger partial charge in [-0.15, -0.1) is 0 Å². The van der Waals surface area contributed by atoms with Gasteiger partial charge in [-0.3, -0.25) is 4.99 Å². The van der Waals surface area contributed by atoms with Crippen molar-refractivity contribution in [3.8, 4) is 0 Å². The van der Waals surface area contributed by atoms with Gasteiger partial charge in [0.25, 0.3) is 0 Å². The van der Waals surface area contributed by atoms with Crippen LogP contribution in [-0.2, 0) is 0 Å². The minimum absolute atomic E-state index is 0.953. The van der Waals surface area contributed by atoms with E-state index in [1.54, 1.807) is 0 Å². The molecule has 0 radical (unpaired) electrons. The molecule has 0 atom stereocenters. The van der Waals surface area contributed by atoms with Crippen LogP contribution in [0.1, 0.15) is 53.5 Å². The molecule has 0 N–H and O–H groups in total. The topological polar surface area (TPSA) is 15.6 Å². The second-order valence-electron chi connectivity index (χ2n) is 7.52. The van der Waals surface area contributed by atoms with Gasteiger partial charge in [0, 0.05) is 12.8 Å². The summed E-state index contributed by atoms with van der Waals surface area (Å²) in [7, 11) is -2.65. The standard InChI is InChI=1S/C22H42N2Si2/c1-7-25(8-2,9-3)24(26(10-4,11-5)12-6)20-16-19-23-21-22-17-14-13-15-18-22/h13-15,17-18,21H,7-12,16,19-20H2,1-6H3. The lowest BCUT2D eigenvalue weighted by Crippen LogP contribution is -2.66. The fourth-order valence-corrected chi connectivity index (χ4v) is 18.1. The van der Waals surface area contributed by atoms with Crippen molar-refractivity contribution in [2.45, 2.75) is 84.2 Å².